The van der Waals surface area contributed by atoms with Crippen molar-refractivity contribution in [3.05, 3.63) is 40.3 Å². The van der Waals surface area contributed by atoms with E-state index < -0.39 is 18.1 Å². The molecule has 1 rings (SSSR count). The lowest BCUT2D eigenvalue weighted by atomic mass is 10.2. The molecule has 0 aromatic heterocycles. The minimum Gasteiger partial charge on any atom is -0.449 e. The second-order valence-electron chi connectivity index (χ2n) is 4.06. The number of hydrogen-bond donors (Lipinski definition) is 1. The van der Waals surface area contributed by atoms with Gasteiger partial charge in [-0.05, 0) is 18.0 Å². The Labute approximate surface area is 126 Å². The third-order valence-electron chi connectivity index (χ3n) is 2.43. The van der Waals surface area contributed by atoms with Crippen LogP contribution >= 0.6 is 0 Å². The van der Waals surface area contributed by atoms with Gasteiger partial charge in [-0.3, -0.25) is 0 Å². The second-order valence-corrected chi connectivity index (χ2v) is 4.06. The lowest BCUT2D eigenvalue weighted by Crippen LogP contribution is -2.39. The van der Waals surface area contributed by atoms with Crippen LogP contribution in [-0.4, -0.2) is 24.7 Å². The number of nitriles is 1. The summed E-state index contributed by atoms with van der Waals surface area (Å²) in [6.45, 7) is 1.02. The predicted molar refractivity (Wildman–Crippen MR) is 74.6 cm³/mol. The summed E-state index contributed by atoms with van der Waals surface area (Å²) in [5, 5.41) is 14.0. The monoisotopic (exact) mass is 303 g/mol. The Kier molecular flexibility index (Phi) is 6.75. The van der Waals surface area contributed by atoms with Crippen LogP contribution in [0.1, 0.15) is 12.5 Å². The zero-order chi connectivity index (χ0) is 16.4. The fraction of sp³-hybridized carbons (Fsp3) is 0.308. The van der Waals surface area contributed by atoms with Crippen LogP contribution in [0, 0.1) is 11.3 Å². The molecule has 9 heteroatoms. The number of esters is 1. The van der Waals surface area contributed by atoms with E-state index in [1.807, 2.05) is 0 Å². The Balaban J connectivity index is 2.41. The molecule has 1 aromatic rings. The van der Waals surface area contributed by atoms with E-state index in [-0.39, 0.29) is 13.2 Å². The largest absolute Gasteiger partial charge is 0.449 e. The molecular formula is C13H13N5O4. The molecule has 1 N–H and O–H groups in total. The van der Waals surface area contributed by atoms with E-state index in [2.05, 4.69) is 20.1 Å². The smallest absolute Gasteiger partial charge is 0.408 e. The zero-order valence-electron chi connectivity index (χ0n) is 11.7. The number of rotatable bonds is 6. The van der Waals surface area contributed by atoms with Gasteiger partial charge >= 0.3 is 12.1 Å². The fourth-order valence-corrected chi connectivity index (χ4v) is 1.37. The first-order valence-corrected chi connectivity index (χ1v) is 6.17. The third-order valence-corrected chi connectivity index (χ3v) is 2.43. The van der Waals surface area contributed by atoms with E-state index in [1.54, 1.807) is 30.3 Å². The molecule has 0 aliphatic heterocycles. The summed E-state index contributed by atoms with van der Waals surface area (Å²) in [6.07, 6.45) is -0.791. The number of nitrogens with one attached hydrogen (secondary N) is 1. The van der Waals surface area contributed by atoms with E-state index in [4.69, 9.17) is 15.5 Å². The number of alkyl carbamates (subject to hydrolysis) is 1. The first kappa shape index (κ1) is 16.8. The molecule has 114 valence electrons. The number of nitrogens with zero attached hydrogens (tertiary/aromatic N) is 4. The number of ether oxygens (including phenoxy) is 2. The summed E-state index contributed by atoms with van der Waals surface area (Å²) >= 11 is 0. The van der Waals surface area contributed by atoms with Gasteiger partial charge in [0.05, 0.1) is 0 Å². The second kappa shape index (κ2) is 8.84. The molecule has 1 amide bonds. The van der Waals surface area contributed by atoms with Crippen molar-refractivity contribution < 1.29 is 19.1 Å². The number of carbonyl (C=O) groups excluding carboxylic acids is 2. The zero-order valence-corrected chi connectivity index (χ0v) is 11.7. The third kappa shape index (κ3) is 5.81. The molecule has 0 heterocycles. The predicted octanol–water partition coefficient (Wildman–Crippen LogP) is 2.31. The summed E-state index contributed by atoms with van der Waals surface area (Å²) in [7, 11) is 0. The maximum absolute atomic E-state index is 11.5. The van der Waals surface area contributed by atoms with Gasteiger partial charge in [-0.25, -0.2) is 9.59 Å². The number of hydrogen-bond acceptors (Lipinski definition) is 6. The molecule has 0 aliphatic rings. The molecule has 0 bridgehead atoms. The molecule has 0 radical (unpaired) electrons. The standard InChI is InChI=1S/C13H13N5O4/c1-9(12(19)21-7-6-14)16-13(20)22-8-10-2-4-11(5-3-10)17-18-15/h2-5,9H,7-8H2,1H3,(H,16,20)/t9-/m1/s1. The van der Waals surface area contributed by atoms with Crippen LogP contribution < -0.4 is 5.32 Å². The SMILES string of the molecule is C[C@@H](NC(=O)OCc1ccc(N=[N+]=[N-])cc1)C(=O)OCC#N. The molecule has 0 saturated carbocycles. The van der Waals surface area contributed by atoms with Gasteiger partial charge in [-0.15, -0.1) is 0 Å². The van der Waals surface area contributed by atoms with Crippen molar-refractivity contribution in [3.8, 4) is 6.07 Å². The van der Waals surface area contributed by atoms with Crippen molar-refractivity contribution in [1.29, 1.82) is 5.26 Å². The molecule has 0 saturated heterocycles. The highest BCUT2D eigenvalue weighted by molar-refractivity contribution is 5.80. The van der Waals surface area contributed by atoms with Gasteiger partial charge in [0.15, 0.2) is 6.61 Å². The molecule has 0 aliphatic carbocycles. The first-order valence-electron chi connectivity index (χ1n) is 6.17. The highest BCUT2D eigenvalue weighted by Crippen LogP contribution is 2.13. The molecule has 0 fully saturated rings. The van der Waals surface area contributed by atoms with Crippen molar-refractivity contribution in [2.45, 2.75) is 19.6 Å². The summed E-state index contributed by atoms with van der Waals surface area (Å²) in [6, 6.07) is 7.17. The average Bonchev–Trinajstić information content (AvgIpc) is 2.52. The van der Waals surface area contributed by atoms with Crippen molar-refractivity contribution in [3.63, 3.8) is 0 Å². The number of azide groups is 1. The molecule has 1 atom stereocenters. The van der Waals surface area contributed by atoms with Crippen molar-refractivity contribution in [2.24, 2.45) is 5.11 Å². The maximum Gasteiger partial charge on any atom is 0.408 e. The van der Waals surface area contributed by atoms with E-state index in [9.17, 15) is 9.59 Å². The molecule has 0 spiro atoms. The number of carbonyl (C=O) groups is 2. The lowest BCUT2D eigenvalue weighted by Gasteiger charge is -2.12. The van der Waals surface area contributed by atoms with E-state index in [0.717, 1.165) is 0 Å². The molecule has 9 nitrogen and oxygen atoms in total. The molecule has 0 unspecified atom stereocenters. The number of amides is 1. The Bertz CT molecular complexity index is 616. The average molecular weight is 303 g/mol. The van der Waals surface area contributed by atoms with Gasteiger partial charge in [0.25, 0.3) is 0 Å². The Hall–Kier alpha value is -3.24. The minimum absolute atomic E-state index is 0.0116. The van der Waals surface area contributed by atoms with Gasteiger partial charge in [0.1, 0.15) is 18.7 Å². The molecule has 1 aromatic carbocycles. The lowest BCUT2D eigenvalue weighted by molar-refractivity contribution is -0.144. The maximum atomic E-state index is 11.5. The molecular weight excluding hydrogens is 290 g/mol. The van der Waals surface area contributed by atoms with E-state index >= 15 is 0 Å². The van der Waals surface area contributed by atoms with Crippen LogP contribution in [0.5, 0.6) is 0 Å². The van der Waals surface area contributed by atoms with Gasteiger partial charge in [0.2, 0.25) is 0 Å². The number of benzene rings is 1. The normalized spacial score (nSPS) is 10.5. The quantitative estimate of drug-likeness (QED) is 0.372. The highest BCUT2D eigenvalue weighted by atomic mass is 16.6. The first-order chi connectivity index (χ1) is 10.6. The fourth-order valence-electron chi connectivity index (χ4n) is 1.37. The van der Waals surface area contributed by atoms with Gasteiger partial charge in [0, 0.05) is 10.6 Å². The van der Waals surface area contributed by atoms with E-state index in [1.165, 1.54) is 6.92 Å². The van der Waals surface area contributed by atoms with E-state index in [0.29, 0.717) is 11.3 Å². The van der Waals surface area contributed by atoms with Crippen LogP contribution in [-0.2, 0) is 20.9 Å². The van der Waals surface area contributed by atoms with Crippen LogP contribution in [0.4, 0.5) is 10.5 Å². The van der Waals surface area contributed by atoms with Crippen LogP contribution in [0.15, 0.2) is 29.4 Å². The van der Waals surface area contributed by atoms with Gasteiger partial charge in [-0.2, -0.15) is 5.26 Å². The Morgan fingerprint density at radius 2 is 2.09 bits per heavy atom. The van der Waals surface area contributed by atoms with Crippen molar-refractivity contribution in [2.75, 3.05) is 6.61 Å². The summed E-state index contributed by atoms with van der Waals surface area (Å²) < 4.78 is 9.47. The topological polar surface area (TPSA) is 137 Å². The van der Waals surface area contributed by atoms with Crippen LogP contribution in [0.2, 0.25) is 0 Å². The van der Waals surface area contributed by atoms with Crippen LogP contribution in [0.3, 0.4) is 0 Å². The summed E-state index contributed by atoms with van der Waals surface area (Å²) in [4.78, 5) is 25.5. The Morgan fingerprint density at radius 3 is 2.68 bits per heavy atom. The summed E-state index contributed by atoms with van der Waals surface area (Å²) in [5.41, 5.74) is 9.41. The van der Waals surface area contributed by atoms with Crippen molar-refractivity contribution >= 4 is 17.7 Å². The molecule has 22 heavy (non-hydrogen) atoms. The van der Waals surface area contributed by atoms with Crippen LogP contribution in [0.25, 0.3) is 10.4 Å². The minimum atomic E-state index is -0.923. The van der Waals surface area contributed by atoms with Gasteiger partial charge < -0.3 is 14.8 Å². The highest BCUT2D eigenvalue weighted by Gasteiger charge is 2.17. The van der Waals surface area contributed by atoms with Crippen molar-refractivity contribution in [1.82, 2.24) is 5.32 Å². The Morgan fingerprint density at radius 1 is 1.41 bits per heavy atom. The van der Waals surface area contributed by atoms with Gasteiger partial charge in [-0.1, -0.05) is 29.4 Å². The summed E-state index contributed by atoms with van der Waals surface area (Å²) in [5.74, 6) is -0.725.